The van der Waals surface area contributed by atoms with Gasteiger partial charge in [0, 0.05) is 5.56 Å². The number of thiazole rings is 1. The number of methoxy groups -OCH3 is 1. The number of nitrogens with zero attached hydrogens (tertiary/aromatic N) is 3. The lowest BCUT2D eigenvalue weighted by atomic mass is 10.1. The molecular weight excluding hydrogens is 457 g/mol. The monoisotopic (exact) mass is 474 g/mol. The molecule has 4 aromatic rings. The molecule has 1 N–H and O–H groups in total. The van der Waals surface area contributed by atoms with E-state index in [0.29, 0.717) is 26.7 Å². The van der Waals surface area contributed by atoms with Gasteiger partial charge in [-0.05, 0) is 43.3 Å². The van der Waals surface area contributed by atoms with Crippen molar-refractivity contribution in [2.45, 2.75) is 19.6 Å². The predicted molar refractivity (Wildman–Crippen MR) is 118 cm³/mol. The summed E-state index contributed by atoms with van der Waals surface area (Å²) < 4.78 is 46.3. The number of hydrogen-bond donors (Lipinski definition) is 1. The number of amides is 1. The fourth-order valence-corrected chi connectivity index (χ4v) is 4.19. The molecule has 0 aliphatic rings. The molecule has 0 atom stereocenters. The van der Waals surface area contributed by atoms with Crippen molar-refractivity contribution < 1.29 is 22.7 Å². The SMILES string of the molecule is COc1ccc(-c2nn(CC(=O)Nc3ccccc3C(F)(F)F)c(=O)c3nc(C)sc23)cc1. The Morgan fingerprint density at radius 3 is 2.52 bits per heavy atom. The number of hydrogen-bond acceptors (Lipinski definition) is 6. The van der Waals surface area contributed by atoms with Crippen molar-refractivity contribution in [3.63, 3.8) is 0 Å². The highest BCUT2D eigenvalue weighted by molar-refractivity contribution is 7.19. The Balaban J connectivity index is 1.72. The molecule has 0 radical (unpaired) electrons. The maximum atomic E-state index is 13.2. The van der Waals surface area contributed by atoms with Crippen LogP contribution in [-0.4, -0.2) is 27.8 Å². The highest BCUT2D eigenvalue weighted by Gasteiger charge is 2.33. The minimum atomic E-state index is -4.64. The van der Waals surface area contributed by atoms with Crippen molar-refractivity contribution in [3.05, 3.63) is 69.5 Å². The van der Waals surface area contributed by atoms with Crippen LogP contribution >= 0.6 is 11.3 Å². The van der Waals surface area contributed by atoms with E-state index in [2.05, 4.69) is 15.4 Å². The molecule has 0 aliphatic carbocycles. The second-order valence-corrected chi connectivity index (χ2v) is 8.25. The quantitative estimate of drug-likeness (QED) is 0.461. The number of carbonyl (C=O) groups is 1. The van der Waals surface area contributed by atoms with Crippen LogP contribution in [0.25, 0.3) is 21.5 Å². The van der Waals surface area contributed by atoms with E-state index in [-0.39, 0.29) is 5.52 Å². The standard InChI is InChI=1S/C22H17F3N4O3S/c1-12-26-19-20(33-12)18(13-7-9-14(32-2)10-8-13)28-29(21(19)31)11-17(30)27-16-6-4-3-5-15(16)22(23,24)25/h3-10H,11H2,1-2H3,(H,27,30). The lowest BCUT2D eigenvalue weighted by molar-refractivity contribution is -0.137. The smallest absolute Gasteiger partial charge is 0.418 e. The molecule has 0 saturated carbocycles. The number of halogens is 3. The summed E-state index contributed by atoms with van der Waals surface area (Å²) in [5, 5.41) is 7.21. The Labute approximate surface area is 189 Å². The van der Waals surface area contributed by atoms with Crippen LogP contribution in [0.1, 0.15) is 10.6 Å². The Kier molecular flexibility index (Phi) is 5.90. The van der Waals surface area contributed by atoms with Crippen molar-refractivity contribution in [3.8, 4) is 17.0 Å². The zero-order valence-corrected chi connectivity index (χ0v) is 18.3. The third kappa shape index (κ3) is 4.58. The Morgan fingerprint density at radius 1 is 1.15 bits per heavy atom. The Morgan fingerprint density at radius 2 is 1.85 bits per heavy atom. The number of fused-ring (bicyclic) bond motifs is 1. The molecule has 7 nitrogen and oxygen atoms in total. The molecule has 0 spiro atoms. The molecule has 2 aromatic carbocycles. The lowest BCUT2D eigenvalue weighted by Crippen LogP contribution is -2.30. The number of para-hydroxylation sites is 1. The number of ether oxygens (including phenoxy) is 1. The van der Waals surface area contributed by atoms with Gasteiger partial charge in [-0.1, -0.05) is 12.1 Å². The van der Waals surface area contributed by atoms with Gasteiger partial charge in [-0.3, -0.25) is 9.59 Å². The van der Waals surface area contributed by atoms with Crippen LogP contribution in [0.4, 0.5) is 18.9 Å². The molecule has 1 amide bonds. The van der Waals surface area contributed by atoms with Crippen LogP contribution < -0.4 is 15.6 Å². The first-order chi connectivity index (χ1) is 15.7. The molecule has 33 heavy (non-hydrogen) atoms. The highest BCUT2D eigenvalue weighted by Crippen LogP contribution is 2.34. The van der Waals surface area contributed by atoms with Crippen LogP contribution in [0.3, 0.4) is 0 Å². The number of anilines is 1. The molecule has 11 heteroatoms. The van der Waals surface area contributed by atoms with Crippen molar-refractivity contribution in [1.82, 2.24) is 14.8 Å². The summed E-state index contributed by atoms with van der Waals surface area (Å²) in [4.78, 5) is 29.7. The van der Waals surface area contributed by atoms with Gasteiger partial charge in [-0.15, -0.1) is 11.3 Å². The molecule has 4 rings (SSSR count). The minimum Gasteiger partial charge on any atom is -0.497 e. The van der Waals surface area contributed by atoms with Gasteiger partial charge in [0.05, 0.1) is 28.1 Å². The number of aryl methyl sites for hydroxylation is 1. The fraction of sp³-hybridized carbons (Fsp3) is 0.182. The summed E-state index contributed by atoms with van der Waals surface area (Å²) in [7, 11) is 1.54. The highest BCUT2D eigenvalue weighted by atomic mass is 32.1. The van der Waals surface area contributed by atoms with Crippen LogP contribution in [-0.2, 0) is 17.5 Å². The number of carbonyl (C=O) groups excluding carboxylic acids is 1. The van der Waals surface area contributed by atoms with Gasteiger partial charge in [-0.2, -0.15) is 18.3 Å². The van der Waals surface area contributed by atoms with Crippen LogP contribution in [0.5, 0.6) is 5.75 Å². The second-order valence-electron chi connectivity index (χ2n) is 7.04. The molecule has 170 valence electrons. The van der Waals surface area contributed by atoms with Crippen LogP contribution in [0.2, 0.25) is 0 Å². The summed E-state index contributed by atoms with van der Waals surface area (Å²) >= 11 is 1.29. The zero-order valence-electron chi connectivity index (χ0n) is 17.4. The average molecular weight is 474 g/mol. The molecule has 2 aromatic heterocycles. The summed E-state index contributed by atoms with van der Waals surface area (Å²) in [6.07, 6.45) is -4.64. The first kappa shape index (κ1) is 22.5. The fourth-order valence-electron chi connectivity index (χ4n) is 3.28. The van der Waals surface area contributed by atoms with E-state index in [1.807, 2.05) is 0 Å². The minimum absolute atomic E-state index is 0.141. The number of alkyl halides is 3. The van der Waals surface area contributed by atoms with E-state index in [4.69, 9.17) is 4.74 Å². The average Bonchev–Trinajstić information content (AvgIpc) is 3.17. The largest absolute Gasteiger partial charge is 0.497 e. The van der Waals surface area contributed by atoms with Gasteiger partial charge in [-0.25, -0.2) is 9.67 Å². The molecule has 0 aliphatic heterocycles. The first-order valence-corrected chi connectivity index (χ1v) is 10.5. The van der Waals surface area contributed by atoms with Crippen LogP contribution in [0, 0.1) is 6.92 Å². The Hall–Kier alpha value is -3.73. The molecular formula is C22H17F3N4O3S. The number of nitrogens with one attached hydrogen (secondary N) is 1. The summed E-state index contributed by atoms with van der Waals surface area (Å²) in [6.45, 7) is 1.16. The molecule has 0 saturated heterocycles. The number of benzene rings is 2. The van der Waals surface area contributed by atoms with E-state index in [0.717, 1.165) is 16.8 Å². The van der Waals surface area contributed by atoms with Gasteiger partial charge in [0.15, 0.2) is 5.52 Å². The van der Waals surface area contributed by atoms with Gasteiger partial charge < -0.3 is 10.1 Å². The van der Waals surface area contributed by atoms with Crippen molar-refractivity contribution in [1.29, 1.82) is 0 Å². The van der Waals surface area contributed by atoms with E-state index in [9.17, 15) is 22.8 Å². The predicted octanol–water partition coefficient (Wildman–Crippen LogP) is 4.49. The van der Waals surface area contributed by atoms with Gasteiger partial charge in [0.25, 0.3) is 5.56 Å². The molecule has 0 fully saturated rings. The second kappa shape index (κ2) is 8.66. The molecule has 0 unspecified atom stereocenters. The zero-order chi connectivity index (χ0) is 23.8. The third-order valence-electron chi connectivity index (χ3n) is 4.77. The topological polar surface area (TPSA) is 86.1 Å². The first-order valence-electron chi connectivity index (χ1n) is 9.66. The van der Waals surface area contributed by atoms with E-state index in [1.54, 1.807) is 31.2 Å². The molecule has 0 bridgehead atoms. The maximum Gasteiger partial charge on any atom is 0.418 e. The Bertz CT molecular complexity index is 1400. The van der Waals surface area contributed by atoms with Crippen molar-refractivity contribution >= 4 is 33.1 Å². The summed E-state index contributed by atoms with van der Waals surface area (Å²) in [5.41, 5.74) is -0.748. The maximum absolute atomic E-state index is 13.2. The van der Waals surface area contributed by atoms with E-state index >= 15 is 0 Å². The van der Waals surface area contributed by atoms with Crippen molar-refractivity contribution in [2.24, 2.45) is 0 Å². The third-order valence-corrected chi connectivity index (χ3v) is 5.75. The van der Waals surface area contributed by atoms with Gasteiger partial charge >= 0.3 is 6.18 Å². The van der Waals surface area contributed by atoms with Gasteiger partial charge in [0.2, 0.25) is 5.91 Å². The normalized spacial score (nSPS) is 11.5. The lowest BCUT2D eigenvalue weighted by Gasteiger charge is -2.14. The van der Waals surface area contributed by atoms with E-state index < -0.39 is 35.4 Å². The summed E-state index contributed by atoms with van der Waals surface area (Å²) in [5.74, 6) is -0.195. The van der Waals surface area contributed by atoms with Crippen molar-refractivity contribution in [2.75, 3.05) is 12.4 Å². The molecule has 2 heterocycles. The summed E-state index contributed by atoms with van der Waals surface area (Å²) in [6, 6.07) is 11.6. The number of aromatic nitrogens is 3. The van der Waals surface area contributed by atoms with E-state index in [1.165, 1.54) is 30.6 Å². The van der Waals surface area contributed by atoms with Gasteiger partial charge in [0.1, 0.15) is 18.0 Å². The number of rotatable bonds is 5. The van der Waals surface area contributed by atoms with Crippen LogP contribution in [0.15, 0.2) is 53.3 Å².